The van der Waals surface area contributed by atoms with Crippen molar-refractivity contribution in [2.75, 3.05) is 13.1 Å². The monoisotopic (exact) mass is 443 g/mol. The number of aromatic nitrogens is 2. The van der Waals surface area contributed by atoms with Gasteiger partial charge >= 0.3 is 16.4 Å². The van der Waals surface area contributed by atoms with Crippen LogP contribution in [0.5, 0.6) is 0 Å². The summed E-state index contributed by atoms with van der Waals surface area (Å²) in [6.45, 7) is 0.648. The van der Waals surface area contributed by atoms with Crippen LogP contribution in [-0.4, -0.2) is 81.5 Å². The van der Waals surface area contributed by atoms with Crippen molar-refractivity contribution < 1.29 is 31.6 Å². The van der Waals surface area contributed by atoms with Gasteiger partial charge in [-0.05, 0) is 19.3 Å². The van der Waals surface area contributed by atoms with Crippen LogP contribution in [0.4, 0.5) is 4.79 Å². The smallest absolute Gasteiger partial charge is 0.333 e. The van der Waals surface area contributed by atoms with Crippen molar-refractivity contribution in [3.8, 4) is 0 Å². The molecule has 164 valence electrons. The van der Waals surface area contributed by atoms with Gasteiger partial charge in [0.2, 0.25) is 0 Å². The second-order valence-electron chi connectivity index (χ2n) is 7.35. The van der Waals surface area contributed by atoms with E-state index in [1.165, 1.54) is 0 Å². The Bertz CT molecular complexity index is 937. The highest BCUT2D eigenvalue weighted by Gasteiger charge is 2.49. The minimum absolute atomic E-state index is 0.0666. The number of hydrazine groups is 1. The number of nitrogens with zero attached hydrogens (tertiary/aromatic N) is 4. The summed E-state index contributed by atoms with van der Waals surface area (Å²) in [7, 11) is -4.86. The van der Waals surface area contributed by atoms with Crippen molar-refractivity contribution in [1.29, 1.82) is 0 Å². The molecule has 0 saturated carbocycles. The van der Waals surface area contributed by atoms with E-state index in [1.807, 2.05) is 10.8 Å². The molecule has 3 aliphatic rings. The van der Waals surface area contributed by atoms with E-state index in [2.05, 4.69) is 25.4 Å². The molecular formula is C15H21N7O7S. The predicted octanol–water partition coefficient (Wildman–Crippen LogP) is -2.06. The summed E-state index contributed by atoms with van der Waals surface area (Å²) in [5.41, 5.74) is 4.69. The van der Waals surface area contributed by atoms with Gasteiger partial charge in [-0.2, -0.15) is 13.5 Å². The van der Waals surface area contributed by atoms with Gasteiger partial charge in [-0.3, -0.25) is 25.0 Å². The fraction of sp³-hybridized carbons (Fsp3) is 0.600. The lowest BCUT2D eigenvalue weighted by Crippen LogP contribution is -2.56. The second kappa shape index (κ2) is 7.82. The van der Waals surface area contributed by atoms with E-state index in [9.17, 15) is 22.8 Å². The molecule has 4 atom stereocenters. The van der Waals surface area contributed by atoms with Crippen LogP contribution in [0.25, 0.3) is 0 Å². The highest BCUT2D eigenvalue weighted by Crippen LogP contribution is 2.30. The Morgan fingerprint density at radius 3 is 2.70 bits per heavy atom. The molecule has 3 aliphatic heterocycles. The number of carbonyl (C=O) groups is 3. The third-order valence-electron chi connectivity index (χ3n) is 5.48. The minimum Gasteiger partial charge on any atom is -0.333 e. The number of amides is 4. The van der Waals surface area contributed by atoms with E-state index < -0.39 is 46.4 Å². The SMILES string of the molecule is O=C(NNC(=O)[C@@H]1CCC2CN1C(=O)N2OS(=O)(=O)O)C1CC(n2ccnc2)CN1. The maximum atomic E-state index is 12.5. The molecule has 14 nitrogen and oxygen atoms in total. The summed E-state index contributed by atoms with van der Waals surface area (Å²) in [4.78, 5) is 42.3. The molecule has 30 heavy (non-hydrogen) atoms. The van der Waals surface area contributed by atoms with Crippen LogP contribution in [0.2, 0.25) is 0 Å². The zero-order valence-electron chi connectivity index (χ0n) is 15.7. The van der Waals surface area contributed by atoms with Crippen LogP contribution >= 0.6 is 0 Å². The van der Waals surface area contributed by atoms with Crippen molar-refractivity contribution in [3.63, 3.8) is 0 Å². The predicted molar refractivity (Wildman–Crippen MR) is 97.3 cm³/mol. The first-order valence-electron chi connectivity index (χ1n) is 9.30. The van der Waals surface area contributed by atoms with Crippen molar-refractivity contribution in [2.45, 2.75) is 43.4 Å². The van der Waals surface area contributed by atoms with Gasteiger partial charge in [-0.25, -0.2) is 9.78 Å². The first-order chi connectivity index (χ1) is 14.2. The molecule has 4 N–H and O–H groups in total. The molecule has 3 unspecified atom stereocenters. The third-order valence-corrected chi connectivity index (χ3v) is 5.83. The van der Waals surface area contributed by atoms with Crippen LogP contribution in [-0.2, 0) is 24.3 Å². The molecule has 1 aromatic rings. The third kappa shape index (κ3) is 4.09. The lowest BCUT2D eigenvalue weighted by molar-refractivity contribution is -0.132. The number of imidazole rings is 1. The summed E-state index contributed by atoms with van der Waals surface area (Å²) >= 11 is 0. The van der Waals surface area contributed by atoms with Gasteiger partial charge in [0.25, 0.3) is 11.8 Å². The van der Waals surface area contributed by atoms with Gasteiger partial charge in [0.05, 0.1) is 18.4 Å². The average molecular weight is 443 g/mol. The number of rotatable bonds is 5. The summed E-state index contributed by atoms with van der Waals surface area (Å²) in [6.07, 6.45) is 6.20. The van der Waals surface area contributed by atoms with Crippen LogP contribution in [0, 0.1) is 0 Å². The summed E-state index contributed by atoms with van der Waals surface area (Å²) < 4.78 is 36.9. The highest BCUT2D eigenvalue weighted by molar-refractivity contribution is 7.80. The normalized spacial score (nSPS) is 28.6. The minimum atomic E-state index is -4.86. The van der Waals surface area contributed by atoms with E-state index in [0.29, 0.717) is 24.4 Å². The van der Waals surface area contributed by atoms with Crippen molar-refractivity contribution >= 4 is 28.2 Å². The van der Waals surface area contributed by atoms with Gasteiger partial charge in [0.1, 0.15) is 6.04 Å². The first kappa shape index (κ1) is 20.5. The van der Waals surface area contributed by atoms with Gasteiger partial charge in [0.15, 0.2) is 0 Å². The number of carbonyl (C=O) groups excluding carboxylic acids is 3. The molecule has 0 aromatic carbocycles. The first-order valence-corrected chi connectivity index (χ1v) is 10.7. The number of hydrogen-bond donors (Lipinski definition) is 4. The Morgan fingerprint density at radius 2 is 2.00 bits per heavy atom. The number of piperidine rings is 1. The van der Waals surface area contributed by atoms with Gasteiger partial charge < -0.3 is 14.8 Å². The Labute approximate surface area is 171 Å². The number of fused-ring (bicyclic) bond motifs is 2. The quantitative estimate of drug-likeness (QED) is 0.294. The molecule has 0 radical (unpaired) electrons. The zero-order valence-corrected chi connectivity index (χ0v) is 16.5. The molecule has 4 heterocycles. The molecule has 4 amide bonds. The maximum absolute atomic E-state index is 12.5. The number of nitrogens with one attached hydrogen (secondary N) is 3. The molecule has 0 aliphatic carbocycles. The lowest BCUT2D eigenvalue weighted by atomic mass is 10.0. The summed E-state index contributed by atoms with van der Waals surface area (Å²) in [5, 5.41) is 3.63. The van der Waals surface area contributed by atoms with Crippen LogP contribution in [0.15, 0.2) is 18.7 Å². The molecule has 3 saturated heterocycles. The average Bonchev–Trinajstić information content (AvgIpc) is 3.43. The Morgan fingerprint density at radius 1 is 1.23 bits per heavy atom. The molecule has 15 heteroatoms. The molecular weight excluding hydrogens is 422 g/mol. The Hall–Kier alpha value is -2.75. The van der Waals surface area contributed by atoms with Crippen molar-refractivity contribution in [1.82, 2.24) is 35.7 Å². The Kier molecular flexibility index (Phi) is 5.35. The fourth-order valence-corrected chi connectivity index (χ4v) is 4.42. The second-order valence-corrected chi connectivity index (χ2v) is 8.35. The van der Waals surface area contributed by atoms with Crippen LogP contribution < -0.4 is 16.2 Å². The van der Waals surface area contributed by atoms with Crippen molar-refractivity contribution in [2.24, 2.45) is 0 Å². The molecule has 3 fully saturated rings. The van der Waals surface area contributed by atoms with E-state index in [-0.39, 0.29) is 19.0 Å². The number of urea groups is 1. The summed E-state index contributed by atoms with van der Waals surface area (Å²) in [5.74, 6) is -1.02. The largest absolute Gasteiger partial charge is 0.418 e. The fourth-order valence-electron chi connectivity index (χ4n) is 4.03. The highest BCUT2D eigenvalue weighted by atomic mass is 32.3. The number of hydroxylamine groups is 2. The van der Waals surface area contributed by atoms with E-state index in [1.54, 1.807) is 12.5 Å². The van der Waals surface area contributed by atoms with Crippen LogP contribution in [0.1, 0.15) is 25.3 Å². The topological polar surface area (TPSA) is 175 Å². The molecule has 4 rings (SSSR count). The summed E-state index contributed by atoms with van der Waals surface area (Å²) in [6, 6.07) is -2.77. The molecule has 0 spiro atoms. The molecule has 1 aromatic heterocycles. The van der Waals surface area contributed by atoms with Gasteiger partial charge in [-0.1, -0.05) is 0 Å². The van der Waals surface area contributed by atoms with E-state index >= 15 is 0 Å². The van der Waals surface area contributed by atoms with E-state index in [0.717, 1.165) is 4.90 Å². The molecule has 2 bridgehead atoms. The maximum Gasteiger partial charge on any atom is 0.418 e. The van der Waals surface area contributed by atoms with E-state index in [4.69, 9.17) is 4.55 Å². The van der Waals surface area contributed by atoms with Gasteiger partial charge in [-0.15, -0.1) is 4.28 Å². The Balaban J connectivity index is 1.29. The van der Waals surface area contributed by atoms with Gasteiger partial charge in [0, 0.05) is 31.5 Å². The zero-order chi connectivity index (χ0) is 21.5. The van der Waals surface area contributed by atoms with Crippen LogP contribution in [0.3, 0.4) is 0 Å². The lowest BCUT2D eigenvalue weighted by Gasteiger charge is -2.29. The van der Waals surface area contributed by atoms with Crippen molar-refractivity contribution in [3.05, 3.63) is 18.7 Å². The standard InChI is InChI=1S/C15H21N7O7S/c23-13(11-5-10(6-17-11)20-4-3-16-8-20)18-19-14(24)12-2-1-9-7-21(12)15(25)22(9)29-30(26,27)28/h3-4,8-12,17H,1-2,5-7H2,(H,18,23)(H,19,24)(H,26,27,28)/t9?,10?,11?,12-/m0/s1. The number of hydrogen-bond acceptors (Lipinski definition) is 8.